The highest BCUT2D eigenvalue weighted by atomic mass is 16.1. The average molecular weight is 373 g/mol. The van der Waals surface area contributed by atoms with Crippen LogP contribution in [-0.2, 0) is 0 Å². The second-order valence-corrected chi connectivity index (χ2v) is 7.28. The summed E-state index contributed by atoms with van der Waals surface area (Å²) in [4.78, 5) is 18.3. The molecule has 0 saturated carbocycles. The van der Waals surface area contributed by atoms with Gasteiger partial charge >= 0.3 is 0 Å². The minimum Gasteiger partial charge on any atom is -0.313 e. The Kier molecular flexibility index (Phi) is 5.15. The number of carbonyl (C=O) groups is 1. The van der Waals surface area contributed by atoms with Crippen molar-refractivity contribution in [2.45, 2.75) is 26.2 Å². The molecule has 0 amide bonds. The molecule has 0 bridgehead atoms. The molecule has 1 saturated heterocycles. The SMILES string of the molecule is Cc1c(C(=O)CN2CCCCC2)c2ccccc2n1-c1ccc(N=[N+]=[N-])cc1. The zero-order valence-corrected chi connectivity index (χ0v) is 16.0. The van der Waals surface area contributed by atoms with Gasteiger partial charge in [-0.2, -0.15) is 0 Å². The van der Waals surface area contributed by atoms with E-state index in [-0.39, 0.29) is 5.78 Å². The van der Waals surface area contributed by atoms with Gasteiger partial charge in [0.15, 0.2) is 5.78 Å². The molecule has 0 spiro atoms. The van der Waals surface area contributed by atoms with E-state index in [0.717, 1.165) is 40.9 Å². The van der Waals surface area contributed by atoms with Crippen LogP contribution in [0.25, 0.3) is 27.0 Å². The van der Waals surface area contributed by atoms with Gasteiger partial charge in [0.25, 0.3) is 0 Å². The number of carbonyl (C=O) groups excluding carboxylic acids is 1. The molecule has 0 radical (unpaired) electrons. The Bertz CT molecular complexity index is 1050. The predicted molar refractivity (Wildman–Crippen MR) is 111 cm³/mol. The molecular weight excluding hydrogens is 350 g/mol. The summed E-state index contributed by atoms with van der Waals surface area (Å²) >= 11 is 0. The molecular formula is C22H23N5O. The Hall–Kier alpha value is -3.08. The Labute approximate surface area is 164 Å². The van der Waals surface area contributed by atoms with Crippen LogP contribution >= 0.6 is 0 Å². The molecule has 3 aromatic rings. The number of fused-ring (bicyclic) bond motifs is 1. The van der Waals surface area contributed by atoms with E-state index in [4.69, 9.17) is 5.53 Å². The minimum atomic E-state index is 0.181. The van der Waals surface area contributed by atoms with E-state index < -0.39 is 0 Å². The predicted octanol–water partition coefficient (Wildman–Crippen LogP) is 5.55. The molecule has 0 N–H and O–H groups in total. The van der Waals surface area contributed by atoms with Crippen molar-refractivity contribution >= 4 is 22.4 Å². The van der Waals surface area contributed by atoms with Gasteiger partial charge in [-0.15, -0.1) is 0 Å². The number of piperidine rings is 1. The van der Waals surface area contributed by atoms with Crippen molar-refractivity contribution in [1.29, 1.82) is 0 Å². The summed E-state index contributed by atoms with van der Waals surface area (Å²) < 4.78 is 2.11. The van der Waals surface area contributed by atoms with E-state index in [1.54, 1.807) is 12.1 Å². The van der Waals surface area contributed by atoms with Crippen LogP contribution in [0.1, 0.15) is 35.3 Å². The van der Waals surface area contributed by atoms with E-state index in [0.29, 0.717) is 12.2 Å². The smallest absolute Gasteiger partial charge is 0.179 e. The summed E-state index contributed by atoms with van der Waals surface area (Å²) in [5, 5.41) is 4.62. The van der Waals surface area contributed by atoms with Crippen molar-refractivity contribution in [2.75, 3.05) is 19.6 Å². The summed E-state index contributed by atoms with van der Waals surface area (Å²) in [6, 6.07) is 15.5. The van der Waals surface area contributed by atoms with Crippen molar-refractivity contribution in [1.82, 2.24) is 9.47 Å². The third-order valence-electron chi connectivity index (χ3n) is 5.47. The third-order valence-corrected chi connectivity index (χ3v) is 5.47. The molecule has 0 aliphatic carbocycles. The number of rotatable bonds is 5. The Morgan fingerprint density at radius 2 is 1.79 bits per heavy atom. The second kappa shape index (κ2) is 7.89. The molecule has 6 nitrogen and oxygen atoms in total. The lowest BCUT2D eigenvalue weighted by molar-refractivity contribution is 0.0916. The minimum absolute atomic E-state index is 0.181. The van der Waals surface area contributed by atoms with Crippen molar-refractivity contribution in [3.63, 3.8) is 0 Å². The molecule has 0 unspecified atom stereocenters. The topological polar surface area (TPSA) is 74.0 Å². The summed E-state index contributed by atoms with van der Waals surface area (Å²) in [7, 11) is 0. The number of benzene rings is 2. The zero-order valence-electron chi connectivity index (χ0n) is 16.0. The van der Waals surface area contributed by atoms with Crippen LogP contribution in [0.2, 0.25) is 0 Å². The lowest BCUT2D eigenvalue weighted by Gasteiger charge is -2.25. The van der Waals surface area contributed by atoms with Gasteiger partial charge in [-0.05, 0) is 56.6 Å². The van der Waals surface area contributed by atoms with Gasteiger partial charge in [0.05, 0.1) is 12.1 Å². The number of para-hydroxylation sites is 1. The van der Waals surface area contributed by atoms with Crippen LogP contribution in [0.5, 0.6) is 0 Å². The molecule has 1 aliphatic heterocycles. The number of likely N-dealkylation sites (tertiary alicyclic amines) is 1. The normalized spacial score (nSPS) is 14.8. The van der Waals surface area contributed by atoms with E-state index in [2.05, 4.69) is 19.5 Å². The van der Waals surface area contributed by atoms with Gasteiger partial charge in [-0.25, -0.2) is 0 Å². The quantitative estimate of drug-likeness (QED) is 0.254. The summed E-state index contributed by atoms with van der Waals surface area (Å²) in [5.74, 6) is 0.181. The molecule has 2 aromatic carbocycles. The van der Waals surface area contributed by atoms with Crippen LogP contribution in [0.15, 0.2) is 53.6 Å². The highest BCUT2D eigenvalue weighted by Gasteiger charge is 2.23. The number of nitrogens with zero attached hydrogens (tertiary/aromatic N) is 5. The first-order chi connectivity index (χ1) is 13.7. The van der Waals surface area contributed by atoms with E-state index >= 15 is 0 Å². The summed E-state index contributed by atoms with van der Waals surface area (Å²) in [6.07, 6.45) is 3.60. The Balaban J connectivity index is 1.77. The number of Topliss-reactive ketones (excluding diaryl/α,β-unsaturated/α-hetero) is 1. The second-order valence-electron chi connectivity index (χ2n) is 7.28. The average Bonchev–Trinajstić information content (AvgIpc) is 3.01. The molecule has 142 valence electrons. The van der Waals surface area contributed by atoms with Gasteiger partial charge in [-0.3, -0.25) is 9.69 Å². The van der Waals surface area contributed by atoms with E-state index in [1.807, 2.05) is 43.3 Å². The fourth-order valence-electron chi connectivity index (χ4n) is 4.17. The van der Waals surface area contributed by atoms with Gasteiger partial charge in [0, 0.05) is 32.9 Å². The lowest BCUT2D eigenvalue weighted by atomic mass is 10.0. The first-order valence-corrected chi connectivity index (χ1v) is 9.70. The molecule has 1 aromatic heterocycles. The summed E-state index contributed by atoms with van der Waals surface area (Å²) in [5.41, 5.74) is 12.9. The zero-order chi connectivity index (χ0) is 19.5. The molecule has 1 fully saturated rings. The highest BCUT2D eigenvalue weighted by molar-refractivity contribution is 6.10. The van der Waals surface area contributed by atoms with Crippen LogP contribution in [0.3, 0.4) is 0 Å². The fraction of sp³-hybridized carbons (Fsp3) is 0.318. The molecule has 2 heterocycles. The maximum absolute atomic E-state index is 13.2. The highest BCUT2D eigenvalue weighted by Crippen LogP contribution is 2.30. The standard InChI is InChI=1S/C22H23N5O/c1-16-22(21(28)15-26-13-5-2-6-14-26)19-7-3-4-8-20(19)27(16)18-11-9-17(10-12-18)24-25-23/h3-4,7-12H,2,5-6,13-15H2,1H3. The lowest BCUT2D eigenvalue weighted by Crippen LogP contribution is -2.34. The van der Waals surface area contributed by atoms with E-state index in [9.17, 15) is 4.79 Å². The van der Waals surface area contributed by atoms with Crippen LogP contribution in [0.4, 0.5) is 5.69 Å². The molecule has 0 atom stereocenters. The number of aromatic nitrogens is 1. The number of hydrogen-bond acceptors (Lipinski definition) is 3. The molecule has 6 heteroatoms. The largest absolute Gasteiger partial charge is 0.313 e. The third kappa shape index (κ3) is 3.40. The Morgan fingerprint density at radius 1 is 1.07 bits per heavy atom. The number of ketones is 1. The summed E-state index contributed by atoms with van der Waals surface area (Å²) in [6.45, 7) is 4.49. The van der Waals surface area contributed by atoms with Gasteiger partial charge in [0.2, 0.25) is 0 Å². The van der Waals surface area contributed by atoms with Gasteiger partial charge in [0.1, 0.15) is 0 Å². The number of hydrogen-bond donors (Lipinski definition) is 0. The first-order valence-electron chi connectivity index (χ1n) is 9.70. The molecule has 4 rings (SSSR count). The van der Waals surface area contributed by atoms with Crippen molar-refractivity contribution in [3.8, 4) is 5.69 Å². The first kappa shape index (κ1) is 18.3. The number of azide groups is 1. The van der Waals surface area contributed by atoms with Crippen molar-refractivity contribution in [2.24, 2.45) is 5.11 Å². The van der Waals surface area contributed by atoms with E-state index in [1.165, 1.54) is 19.3 Å². The Morgan fingerprint density at radius 3 is 2.50 bits per heavy atom. The van der Waals surface area contributed by atoms with Gasteiger partial charge < -0.3 is 4.57 Å². The van der Waals surface area contributed by atoms with Gasteiger partial charge in [-0.1, -0.05) is 41.9 Å². The maximum atomic E-state index is 13.2. The van der Waals surface area contributed by atoms with Crippen molar-refractivity contribution in [3.05, 3.63) is 70.2 Å². The van der Waals surface area contributed by atoms with Crippen molar-refractivity contribution < 1.29 is 4.79 Å². The van der Waals surface area contributed by atoms with Crippen LogP contribution < -0.4 is 0 Å². The molecule has 1 aliphatic rings. The fourth-order valence-corrected chi connectivity index (χ4v) is 4.17. The monoisotopic (exact) mass is 373 g/mol. The van der Waals surface area contributed by atoms with Crippen LogP contribution in [-0.4, -0.2) is 34.9 Å². The maximum Gasteiger partial charge on any atom is 0.179 e. The molecule has 28 heavy (non-hydrogen) atoms. The van der Waals surface area contributed by atoms with Crippen LogP contribution in [0, 0.1) is 6.92 Å².